The van der Waals surface area contributed by atoms with Crippen LogP contribution in [0.5, 0.6) is 0 Å². The molecule has 3 nitrogen and oxygen atoms in total. The molecule has 1 amide bonds. The number of nitrogens with one attached hydrogen (secondary N) is 1. The number of benzene rings is 2. The SMILES string of the molecule is C[C@@H]([NH2+]CC(=O)Nc1cccc(Cl)c1Cl)c1ccccc1. The van der Waals surface area contributed by atoms with E-state index < -0.39 is 0 Å². The first kappa shape index (κ1) is 15.8. The Kier molecular flexibility index (Phi) is 5.62. The standard InChI is InChI=1S/C16H16Cl2N2O/c1-11(12-6-3-2-4-7-12)19-10-15(21)20-14-9-5-8-13(17)16(14)18/h2-9,11,19H,10H2,1H3,(H,20,21)/p+1/t11-/m1/s1. The van der Waals surface area contributed by atoms with Crippen molar-refractivity contribution in [1.29, 1.82) is 0 Å². The van der Waals surface area contributed by atoms with Gasteiger partial charge in [0.15, 0.2) is 6.54 Å². The monoisotopic (exact) mass is 323 g/mol. The van der Waals surface area contributed by atoms with Gasteiger partial charge in [-0.15, -0.1) is 0 Å². The molecule has 0 aliphatic rings. The van der Waals surface area contributed by atoms with Gasteiger partial charge in [-0.3, -0.25) is 4.79 Å². The first-order valence-electron chi connectivity index (χ1n) is 6.70. The minimum absolute atomic E-state index is 0.109. The Morgan fingerprint density at radius 2 is 1.86 bits per heavy atom. The van der Waals surface area contributed by atoms with Crippen molar-refractivity contribution in [3.05, 3.63) is 64.1 Å². The molecule has 2 aromatic rings. The molecular formula is C16H17Cl2N2O+. The second-order valence-electron chi connectivity index (χ2n) is 4.79. The molecule has 0 spiro atoms. The van der Waals surface area contributed by atoms with Crippen LogP contribution in [-0.4, -0.2) is 12.5 Å². The van der Waals surface area contributed by atoms with Gasteiger partial charge in [0.1, 0.15) is 6.04 Å². The summed E-state index contributed by atoms with van der Waals surface area (Å²) < 4.78 is 0. The molecule has 1 atom stereocenters. The number of carbonyl (C=O) groups excluding carboxylic acids is 1. The van der Waals surface area contributed by atoms with Crippen LogP contribution in [0.4, 0.5) is 5.69 Å². The fraction of sp³-hybridized carbons (Fsp3) is 0.188. The summed E-state index contributed by atoms with van der Waals surface area (Å²) in [6.07, 6.45) is 0. The highest BCUT2D eigenvalue weighted by molar-refractivity contribution is 6.43. The molecule has 0 saturated carbocycles. The van der Waals surface area contributed by atoms with Gasteiger partial charge < -0.3 is 10.6 Å². The lowest BCUT2D eigenvalue weighted by atomic mass is 10.1. The molecule has 0 aromatic heterocycles. The summed E-state index contributed by atoms with van der Waals surface area (Å²) in [6.45, 7) is 2.38. The molecule has 0 radical (unpaired) electrons. The molecule has 110 valence electrons. The second-order valence-corrected chi connectivity index (χ2v) is 5.57. The third-order valence-electron chi connectivity index (χ3n) is 3.21. The highest BCUT2D eigenvalue weighted by Gasteiger charge is 2.13. The maximum absolute atomic E-state index is 12.0. The molecule has 3 N–H and O–H groups in total. The van der Waals surface area contributed by atoms with Crippen LogP contribution in [0.3, 0.4) is 0 Å². The Labute approximate surface area is 134 Å². The lowest BCUT2D eigenvalue weighted by molar-refractivity contribution is -0.682. The van der Waals surface area contributed by atoms with Gasteiger partial charge in [0, 0.05) is 5.56 Å². The molecule has 0 fully saturated rings. The number of halogens is 2. The van der Waals surface area contributed by atoms with Crippen molar-refractivity contribution >= 4 is 34.8 Å². The van der Waals surface area contributed by atoms with Crippen LogP contribution in [0.15, 0.2) is 48.5 Å². The van der Waals surface area contributed by atoms with Crippen molar-refractivity contribution in [2.45, 2.75) is 13.0 Å². The van der Waals surface area contributed by atoms with Crippen molar-refractivity contribution in [3.63, 3.8) is 0 Å². The first-order chi connectivity index (χ1) is 10.1. The minimum Gasteiger partial charge on any atom is -0.333 e. The van der Waals surface area contributed by atoms with Gasteiger partial charge in [0.05, 0.1) is 15.7 Å². The van der Waals surface area contributed by atoms with Gasteiger partial charge in [-0.1, -0.05) is 59.6 Å². The number of hydrogen-bond acceptors (Lipinski definition) is 1. The molecule has 0 unspecified atom stereocenters. The van der Waals surface area contributed by atoms with Crippen molar-refractivity contribution < 1.29 is 10.1 Å². The zero-order chi connectivity index (χ0) is 15.2. The smallest absolute Gasteiger partial charge is 0.279 e. The molecule has 0 aliphatic carbocycles. The Hall–Kier alpha value is -1.55. The van der Waals surface area contributed by atoms with E-state index in [4.69, 9.17) is 23.2 Å². The molecule has 0 saturated heterocycles. The fourth-order valence-corrected chi connectivity index (χ4v) is 2.33. The summed E-state index contributed by atoms with van der Waals surface area (Å²) in [5.74, 6) is -0.109. The van der Waals surface area contributed by atoms with Crippen molar-refractivity contribution in [2.24, 2.45) is 0 Å². The molecule has 21 heavy (non-hydrogen) atoms. The largest absolute Gasteiger partial charge is 0.333 e. The quantitative estimate of drug-likeness (QED) is 0.871. The zero-order valence-electron chi connectivity index (χ0n) is 11.6. The highest BCUT2D eigenvalue weighted by atomic mass is 35.5. The maximum atomic E-state index is 12.0. The van der Waals surface area contributed by atoms with E-state index in [9.17, 15) is 4.79 Å². The van der Waals surface area contributed by atoms with E-state index >= 15 is 0 Å². The van der Waals surface area contributed by atoms with Crippen LogP contribution in [-0.2, 0) is 4.79 Å². The number of carbonyl (C=O) groups is 1. The maximum Gasteiger partial charge on any atom is 0.279 e. The number of quaternary nitrogens is 1. The zero-order valence-corrected chi connectivity index (χ0v) is 13.2. The van der Waals surface area contributed by atoms with Gasteiger partial charge >= 0.3 is 0 Å². The van der Waals surface area contributed by atoms with E-state index in [-0.39, 0.29) is 11.9 Å². The molecular weight excluding hydrogens is 307 g/mol. The van der Waals surface area contributed by atoms with E-state index in [1.807, 2.05) is 35.6 Å². The third kappa shape index (κ3) is 4.46. The Bertz CT molecular complexity index is 617. The molecule has 2 aromatic carbocycles. The number of nitrogens with two attached hydrogens (primary N) is 1. The Morgan fingerprint density at radius 1 is 1.14 bits per heavy atom. The van der Waals surface area contributed by atoms with Crippen LogP contribution in [0.1, 0.15) is 18.5 Å². The summed E-state index contributed by atoms with van der Waals surface area (Å²) >= 11 is 12.0. The third-order valence-corrected chi connectivity index (χ3v) is 4.03. The average molecular weight is 324 g/mol. The summed E-state index contributed by atoms with van der Waals surface area (Å²) in [5, 5.41) is 5.54. The molecule has 0 aliphatic heterocycles. The van der Waals surface area contributed by atoms with E-state index in [0.717, 1.165) is 0 Å². The number of amides is 1. The lowest BCUT2D eigenvalue weighted by Gasteiger charge is -2.12. The molecule has 5 heteroatoms. The highest BCUT2D eigenvalue weighted by Crippen LogP contribution is 2.29. The molecule has 0 heterocycles. The van der Waals surface area contributed by atoms with Crippen molar-refractivity contribution in [1.82, 2.24) is 0 Å². The number of hydrogen-bond donors (Lipinski definition) is 2. The van der Waals surface area contributed by atoms with E-state index in [1.165, 1.54) is 5.56 Å². The Balaban J connectivity index is 1.89. The van der Waals surface area contributed by atoms with Gasteiger partial charge in [-0.05, 0) is 19.1 Å². The summed E-state index contributed by atoms with van der Waals surface area (Å²) in [6, 6.07) is 15.4. The van der Waals surface area contributed by atoms with E-state index in [1.54, 1.807) is 18.2 Å². The van der Waals surface area contributed by atoms with Crippen molar-refractivity contribution in [2.75, 3.05) is 11.9 Å². The van der Waals surface area contributed by atoms with Gasteiger partial charge in [-0.2, -0.15) is 0 Å². The predicted octanol–water partition coefficient (Wildman–Crippen LogP) is 3.26. The first-order valence-corrected chi connectivity index (χ1v) is 7.45. The second kappa shape index (κ2) is 7.46. The van der Waals surface area contributed by atoms with Gasteiger partial charge in [0.2, 0.25) is 0 Å². The normalized spacial score (nSPS) is 12.0. The Morgan fingerprint density at radius 3 is 2.57 bits per heavy atom. The van der Waals surface area contributed by atoms with E-state index in [2.05, 4.69) is 12.2 Å². The van der Waals surface area contributed by atoms with Crippen molar-refractivity contribution in [3.8, 4) is 0 Å². The summed E-state index contributed by atoms with van der Waals surface area (Å²) in [4.78, 5) is 12.0. The van der Waals surface area contributed by atoms with Crippen LogP contribution in [0.2, 0.25) is 10.0 Å². The van der Waals surface area contributed by atoms with Gasteiger partial charge in [-0.25, -0.2) is 0 Å². The summed E-state index contributed by atoms with van der Waals surface area (Å²) in [5.41, 5.74) is 1.72. The van der Waals surface area contributed by atoms with E-state index in [0.29, 0.717) is 22.3 Å². The van der Waals surface area contributed by atoms with Crippen LogP contribution in [0, 0.1) is 0 Å². The molecule has 0 bridgehead atoms. The summed E-state index contributed by atoms with van der Waals surface area (Å²) in [7, 11) is 0. The number of rotatable bonds is 5. The average Bonchev–Trinajstić information content (AvgIpc) is 2.50. The minimum atomic E-state index is -0.109. The van der Waals surface area contributed by atoms with Gasteiger partial charge in [0.25, 0.3) is 5.91 Å². The van der Waals surface area contributed by atoms with Crippen LogP contribution >= 0.6 is 23.2 Å². The van der Waals surface area contributed by atoms with Crippen LogP contribution < -0.4 is 10.6 Å². The lowest BCUT2D eigenvalue weighted by Crippen LogP contribution is -2.86. The fourth-order valence-electron chi connectivity index (χ4n) is 1.98. The topological polar surface area (TPSA) is 45.7 Å². The molecule has 2 rings (SSSR count). The predicted molar refractivity (Wildman–Crippen MR) is 86.7 cm³/mol. The van der Waals surface area contributed by atoms with Crippen LogP contribution in [0.25, 0.3) is 0 Å². The number of anilines is 1.